The van der Waals surface area contributed by atoms with Gasteiger partial charge in [0.1, 0.15) is 5.60 Å². The molecule has 9 nitrogen and oxygen atoms in total. The third-order valence-corrected chi connectivity index (χ3v) is 8.62. The Morgan fingerprint density at radius 3 is 2.51 bits per heavy atom. The topological polar surface area (TPSA) is 88.4 Å². The number of hydrogen-bond donors (Lipinski definition) is 1. The van der Waals surface area contributed by atoms with E-state index in [-0.39, 0.29) is 0 Å². The molecule has 208 valence electrons. The lowest BCUT2D eigenvalue weighted by atomic mass is 9.95. The molecule has 2 aliphatic carbocycles. The second-order valence-corrected chi connectivity index (χ2v) is 12.7. The van der Waals surface area contributed by atoms with Crippen molar-refractivity contribution in [2.45, 2.75) is 83.5 Å². The molecule has 0 radical (unpaired) electrons. The molecule has 1 N–H and O–H groups in total. The zero-order valence-electron chi connectivity index (χ0n) is 23.6. The lowest BCUT2D eigenvalue weighted by Gasteiger charge is -2.29. The van der Waals surface area contributed by atoms with Crippen LogP contribution in [0.3, 0.4) is 0 Å². The highest BCUT2D eigenvalue weighted by atomic mass is 16.6. The van der Waals surface area contributed by atoms with Crippen LogP contribution in [0.2, 0.25) is 0 Å². The molecule has 9 heteroatoms. The normalized spacial score (nSPS) is 23.9. The maximum Gasteiger partial charge on any atom is 0.421 e. The van der Waals surface area contributed by atoms with Crippen molar-refractivity contribution in [1.82, 2.24) is 30.0 Å². The monoisotopic (exact) mass is 531 g/mol. The van der Waals surface area contributed by atoms with Crippen LogP contribution < -0.4 is 10.2 Å². The Morgan fingerprint density at radius 2 is 1.85 bits per heavy atom. The van der Waals surface area contributed by atoms with Gasteiger partial charge in [-0.1, -0.05) is 18.6 Å². The van der Waals surface area contributed by atoms with Crippen molar-refractivity contribution >= 4 is 28.8 Å². The summed E-state index contributed by atoms with van der Waals surface area (Å²) in [7, 11) is 2.18. The number of carbonyl (C=O) groups is 1. The van der Waals surface area contributed by atoms with Gasteiger partial charge in [0.25, 0.3) is 0 Å². The molecule has 3 aliphatic rings. The number of carbonyl (C=O) groups excluding carboxylic acids is 1. The lowest BCUT2D eigenvalue weighted by molar-refractivity contribution is 0.0597. The van der Waals surface area contributed by atoms with E-state index in [2.05, 4.69) is 39.1 Å². The summed E-state index contributed by atoms with van der Waals surface area (Å²) in [6.07, 6.45) is 10.5. The Labute approximate surface area is 230 Å². The van der Waals surface area contributed by atoms with Crippen LogP contribution in [0.1, 0.15) is 70.9 Å². The SMILES string of the molecule is CN1CCC(NCc2ccc(N(C(=O)OC(C)(C)C)c3ncc4cnn([C@H]5C[C@@H]6CC[C@H]5C6)c4n3)cc2)CC1. The average molecular weight is 532 g/mol. The number of hydrogen-bond acceptors (Lipinski definition) is 7. The first kappa shape index (κ1) is 26.2. The molecule has 2 saturated carbocycles. The first-order valence-electron chi connectivity index (χ1n) is 14.5. The number of anilines is 2. The van der Waals surface area contributed by atoms with Gasteiger partial charge in [0, 0.05) is 18.8 Å². The number of benzene rings is 1. The number of nitrogens with zero attached hydrogens (tertiary/aromatic N) is 6. The van der Waals surface area contributed by atoms with Gasteiger partial charge in [-0.2, -0.15) is 10.1 Å². The average Bonchev–Trinajstić information content (AvgIpc) is 3.64. The van der Waals surface area contributed by atoms with E-state index in [1.807, 2.05) is 39.1 Å². The quantitative estimate of drug-likeness (QED) is 0.453. The van der Waals surface area contributed by atoms with Gasteiger partial charge in [0.2, 0.25) is 5.95 Å². The molecule has 0 unspecified atom stereocenters. The van der Waals surface area contributed by atoms with Crippen LogP contribution in [0.15, 0.2) is 36.7 Å². The van der Waals surface area contributed by atoms with E-state index >= 15 is 0 Å². The zero-order valence-corrected chi connectivity index (χ0v) is 23.6. The van der Waals surface area contributed by atoms with Gasteiger partial charge in [-0.15, -0.1) is 0 Å². The fraction of sp³-hybridized carbons (Fsp3) is 0.600. The number of rotatable bonds is 6. The molecular weight excluding hydrogens is 490 g/mol. The molecule has 2 bridgehead atoms. The second kappa shape index (κ2) is 10.5. The molecule has 3 atom stereocenters. The minimum absolute atomic E-state index is 0.304. The summed E-state index contributed by atoms with van der Waals surface area (Å²) >= 11 is 0. The van der Waals surface area contributed by atoms with Crippen molar-refractivity contribution in [3.8, 4) is 0 Å². The van der Waals surface area contributed by atoms with E-state index in [9.17, 15) is 4.79 Å². The van der Waals surface area contributed by atoms with Crippen LogP contribution in [-0.2, 0) is 11.3 Å². The molecule has 39 heavy (non-hydrogen) atoms. The molecule has 2 aromatic heterocycles. The maximum absolute atomic E-state index is 13.5. The van der Waals surface area contributed by atoms with Crippen molar-refractivity contribution in [3.05, 3.63) is 42.2 Å². The Kier molecular flexibility index (Phi) is 7.05. The van der Waals surface area contributed by atoms with Crippen molar-refractivity contribution in [2.24, 2.45) is 11.8 Å². The van der Waals surface area contributed by atoms with Crippen molar-refractivity contribution < 1.29 is 9.53 Å². The number of aromatic nitrogens is 4. The highest BCUT2D eigenvalue weighted by Crippen LogP contribution is 2.51. The number of fused-ring (bicyclic) bond motifs is 3. The molecular formula is C30H41N7O2. The van der Waals surface area contributed by atoms with Crippen LogP contribution in [0.5, 0.6) is 0 Å². The Bertz CT molecular complexity index is 1310. The smallest absolute Gasteiger partial charge is 0.421 e. The second-order valence-electron chi connectivity index (χ2n) is 12.7. The highest BCUT2D eigenvalue weighted by Gasteiger charge is 2.41. The molecule has 6 rings (SSSR count). The van der Waals surface area contributed by atoms with E-state index in [1.54, 1.807) is 6.20 Å². The van der Waals surface area contributed by atoms with E-state index < -0.39 is 11.7 Å². The van der Waals surface area contributed by atoms with Crippen LogP contribution in [0.25, 0.3) is 11.0 Å². The Balaban J connectivity index is 1.26. The van der Waals surface area contributed by atoms with Crippen LogP contribution in [-0.4, -0.2) is 62.5 Å². The van der Waals surface area contributed by atoms with Gasteiger partial charge in [0.05, 0.1) is 23.3 Å². The minimum atomic E-state index is -0.651. The fourth-order valence-corrected chi connectivity index (χ4v) is 6.54. The summed E-state index contributed by atoms with van der Waals surface area (Å²) in [4.78, 5) is 26.9. The molecule has 3 heterocycles. The third kappa shape index (κ3) is 5.65. The molecule has 3 aromatic rings. The van der Waals surface area contributed by atoms with E-state index in [4.69, 9.17) is 14.8 Å². The van der Waals surface area contributed by atoms with Crippen molar-refractivity contribution in [2.75, 3.05) is 25.0 Å². The number of nitrogens with one attached hydrogen (secondary N) is 1. The summed E-state index contributed by atoms with van der Waals surface area (Å²) < 4.78 is 7.89. The molecule has 1 aliphatic heterocycles. The van der Waals surface area contributed by atoms with Gasteiger partial charge in [0.15, 0.2) is 5.65 Å². The summed E-state index contributed by atoms with van der Waals surface area (Å²) in [6.45, 7) is 8.67. The van der Waals surface area contributed by atoms with Crippen LogP contribution >= 0.6 is 0 Å². The number of piperidine rings is 1. The van der Waals surface area contributed by atoms with Crippen molar-refractivity contribution in [1.29, 1.82) is 0 Å². The first-order valence-corrected chi connectivity index (χ1v) is 14.5. The lowest BCUT2D eigenvalue weighted by Crippen LogP contribution is -2.40. The largest absolute Gasteiger partial charge is 0.443 e. The number of likely N-dealkylation sites (tertiary alicyclic amines) is 1. The Hall–Kier alpha value is -3.04. The molecule has 0 spiro atoms. The standard InChI is InChI=1S/C30H41N7O2/c1-30(2,3)39-29(38)36(25-9-6-20(7-10-25)17-31-24-11-13-35(4)14-12-24)28-32-18-23-19-33-37(27(23)34-28)26-16-21-5-8-22(26)15-21/h6-7,9-10,18-19,21-22,24,26,31H,5,8,11-17H2,1-4H3/t21-,22+,26+/m1/s1. The first-order chi connectivity index (χ1) is 18.7. The minimum Gasteiger partial charge on any atom is -0.443 e. The fourth-order valence-electron chi connectivity index (χ4n) is 6.54. The highest BCUT2D eigenvalue weighted by molar-refractivity contribution is 5.95. The molecule has 1 amide bonds. The molecule has 1 aromatic carbocycles. The maximum atomic E-state index is 13.5. The van der Waals surface area contributed by atoms with E-state index in [0.29, 0.717) is 29.6 Å². The van der Waals surface area contributed by atoms with E-state index in [0.717, 1.165) is 43.0 Å². The van der Waals surface area contributed by atoms with E-state index in [1.165, 1.54) is 42.6 Å². The summed E-state index contributed by atoms with van der Waals surface area (Å²) in [5, 5.41) is 9.30. The third-order valence-electron chi connectivity index (χ3n) is 8.62. The number of amides is 1. The van der Waals surface area contributed by atoms with Gasteiger partial charge >= 0.3 is 6.09 Å². The van der Waals surface area contributed by atoms with Gasteiger partial charge < -0.3 is 15.0 Å². The van der Waals surface area contributed by atoms with Crippen LogP contribution in [0.4, 0.5) is 16.4 Å². The van der Waals surface area contributed by atoms with Gasteiger partial charge in [-0.3, -0.25) is 0 Å². The molecule has 1 saturated heterocycles. The zero-order chi connectivity index (χ0) is 27.1. The van der Waals surface area contributed by atoms with Gasteiger partial charge in [-0.25, -0.2) is 19.4 Å². The summed E-state index contributed by atoms with van der Waals surface area (Å²) in [5.41, 5.74) is 1.98. The summed E-state index contributed by atoms with van der Waals surface area (Å²) in [6, 6.07) is 8.95. The molecule has 3 fully saturated rings. The Morgan fingerprint density at radius 1 is 1.08 bits per heavy atom. The predicted molar refractivity (Wildman–Crippen MR) is 152 cm³/mol. The summed E-state index contributed by atoms with van der Waals surface area (Å²) in [5.74, 6) is 1.76. The van der Waals surface area contributed by atoms with Gasteiger partial charge in [-0.05, 0) is 103 Å². The predicted octanol–water partition coefficient (Wildman–Crippen LogP) is 5.44. The number of ether oxygens (including phenoxy) is 1. The van der Waals surface area contributed by atoms with Crippen LogP contribution in [0, 0.1) is 11.8 Å². The van der Waals surface area contributed by atoms with Crippen molar-refractivity contribution in [3.63, 3.8) is 0 Å².